The van der Waals surface area contributed by atoms with Crippen LogP contribution in [0.5, 0.6) is 17.4 Å². The Bertz CT molecular complexity index is 678. The highest BCUT2D eigenvalue weighted by atomic mass is 16.5. The number of hydrogen-bond donors (Lipinski definition) is 0. The fraction of sp³-hybridized carbons (Fsp3) is 0.389. The number of carbonyl (C=O) groups is 1. The molecule has 132 valence electrons. The average molecular weight is 343 g/mol. The molecule has 2 heterocycles. The zero-order valence-electron chi connectivity index (χ0n) is 14.1. The Balaban J connectivity index is 1.49. The molecule has 0 radical (unpaired) electrons. The van der Waals surface area contributed by atoms with E-state index in [0.29, 0.717) is 24.7 Å². The maximum Gasteiger partial charge on any atom is 0.260 e. The summed E-state index contributed by atoms with van der Waals surface area (Å²) < 4.78 is 16.5. The lowest BCUT2D eigenvalue weighted by Gasteiger charge is -2.32. The predicted molar refractivity (Wildman–Crippen MR) is 90.8 cm³/mol. The van der Waals surface area contributed by atoms with Gasteiger partial charge in [0.25, 0.3) is 5.91 Å². The molecule has 7 heteroatoms. The van der Waals surface area contributed by atoms with E-state index in [9.17, 15) is 4.79 Å². The Kier molecular flexibility index (Phi) is 5.66. The number of likely N-dealkylation sites (tertiary alicyclic amines) is 1. The summed E-state index contributed by atoms with van der Waals surface area (Å²) >= 11 is 0. The Morgan fingerprint density at radius 1 is 1.24 bits per heavy atom. The van der Waals surface area contributed by atoms with E-state index in [2.05, 4.69) is 9.97 Å². The maximum atomic E-state index is 12.4. The standard InChI is InChI=1S/C18H21N3O4/c1-23-14-4-6-15(7-5-14)24-13-18(22)21-10-2-3-16(12-21)25-17-11-19-8-9-20-17/h4-9,11,16H,2-3,10,12-13H2,1H3. The van der Waals surface area contributed by atoms with Gasteiger partial charge in [-0.05, 0) is 37.1 Å². The second-order valence-corrected chi connectivity index (χ2v) is 5.73. The third kappa shape index (κ3) is 4.82. The van der Waals surface area contributed by atoms with Crippen LogP contribution < -0.4 is 14.2 Å². The smallest absolute Gasteiger partial charge is 0.260 e. The first-order chi connectivity index (χ1) is 12.2. The van der Waals surface area contributed by atoms with Gasteiger partial charge in [0.1, 0.15) is 17.6 Å². The van der Waals surface area contributed by atoms with Gasteiger partial charge in [0, 0.05) is 18.9 Å². The lowest BCUT2D eigenvalue weighted by atomic mass is 10.1. The number of aromatic nitrogens is 2. The van der Waals surface area contributed by atoms with Crippen molar-refractivity contribution in [3.63, 3.8) is 0 Å². The largest absolute Gasteiger partial charge is 0.497 e. The fourth-order valence-electron chi connectivity index (χ4n) is 2.69. The van der Waals surface area contributed by atoms with Crippen molar-refractivity contribution >= 4 is 5.91 Å². The lowest BCUT2D eigenvalue weighted by molar-refractivity contribution is -0.136. The van der Waals surface area contributed by atoms with E-state index >= 15 is 0 Å². The van der Waals surface area contributed by atoms with Crippen LogP contribution >= 0.6 is 0 Å². The molecule has 7 nitrogen and oxygen atoms in total. The molecule has 3 rings (SSSR count). The molecule has 0 saturated carbocycles. The zero-order valence-corrected chi connectivity index (χ0v) is 14.1. The highest BCUT2D eigenvalue weighted by molar-refractivity contribution is 5.77. The summed E-state index contributed by atoms with van der Waals surface area (Å²) in [6.07, 6.45) is 6.46. The van der Waals surface area contributed by atoms with Crippen molar-refractivity contribution in [2.45, 2.75) is 18.9 Å². The summed E-state index contributed by atoms with van der Waals surface area (Å²) in [7, 11) is 1.61. The molecule has 1 aromatic carbocycles. The highest BCUT2D eigenvalue weighted by Crippen LogP contribution is 2.18. The number of benzene rings is 1. The second kappa shape index (κ2) is 8.32. The van der Waals surface area contributed by atoms with Gasteiger partial charge in [-0.25, -0.2) is 4.98 Å². The molecule has 1 aromatic heterocycles. The first-order valence-electron chi connectivity index (χ1n) is 8.22. The van der Waals surface area contributed by atoms with Crippen LogP contribution in [0.15, 0.2) is 42.9 Å². The third-order valence-electron chi connectivity index (χ3n) is 3.98. The van der Waals surface area contributed by atoms with Crippen LogP contribution in [0.25, 0.3) is 0 Å². The first-order valence-corrected chi connectivity index (χ1v) is 8.22. The molecule has 0 aliphatic carbocycles. The number of methoxy groups -OCH3 is 1. The van der Waals surface area contributed by atoms with Gasteiger partial charge in [0.15, 0.2) is 6.61 Å². The molecule has 0 N–H and O–H groups in total. The van der Waals surface area contributed by atoms with Crippen LogP contribution in [0, 0.1) is 0 Å². The summed E-state index contributed by atoms with van der Waals surface area (Å²) in [6.45, 7) is 1.25. The van der Waals surface area contributed by atoms with Gasteiger partial charge in [-0.3, -0.25) is 9.78 Å². The second-order valence-electron chi connectivity index (χ2n) is 5.73. The zero-order chi connectivity index (χ0) is 17.5. The van der Waals surface area contributed by atoms with Crippen molar-refractivity contribution in [2.24, 2.45) is 0 Å². The average Bonchev–Trinajstić information content (AvgIpc) is 2.67. The van der Waals surface area contributed by atoms with Crippen LogP contribution in [-0.2, 0) is 4.79 Å². The molecule has 25 heavy (non-hydrogen) atoms. The molecular formula is C18H21N3O4. The van der Waals surface area contributed by atoms with Crippen molar-refractivity contribution in [3.8, 4) is 17.4 Å². The molecular weight excluding hydrogens is 322 g/mol. The predicted octanol–water partition coefficient (Wildman–Crippen LogP) is 1.93. The molecule has 1 aliphatic heterocycles. The van der Waals surface area contributed by atoms with Crippen molar-refractivity contribution in [1.29, 1.82) is 0 Å². The van der Waals surface area contributed by atoms with Crippen molar-refractivity contribution < 1.29 is 19.0 Å². The number of carbonyl (C=O) groups excluding carboxylic acids is 1. The van der Waals surface area contributed by atoms with E-state index in [1.165, 1.54) is 0 Å². The van der Waals surface area contributed by atoms with Gasteiger partial charge in [0.2, 0.25) is 5.88 Å². The van der Waals surface area contributed by atoms with Crippen molar-refractivity contribution in [3.05, 3.63) is 42.9 Å². The van der Waals surface area contributed by atoms with Crippen LogP contribution in [0.1, 0.15) is 12.8 Å². The molecule has 1 unspecified atom stereocenters. The Labute approximate surface area is 146 Å². The topological polar surface area (TPSA) is 73.8 Å². The van der Waals surface area contributed by atoms with Crippen LogP contribution in [0.2, 0.25) is 0 Å². The Morgan fingerprint density at radius 3 is 2.76 bits per heavy atom. The van der Waals surface area contributed by atoms with E-state index < -0.39 is 0 Å². The molecule has 0 bridgehead atoms. The van der Waals surface area contributed by atoms with E-state index in [1.807, 2.05) is 0 Å². The first kappa shape index (κ1) is 17.0. The van der Waals surface area contributed by atoms with E-state index in [1.54, 1.807) is 54.9 Å². The number of nitrogens with zero attached hydrogens (tertiary/aromatic N) is 3. The summed E-state index contributed by atoms with van der Waals surface area (Å²) in [5.41, 5.74) is 0. The van der Waals surface area contributed by atoms with E-state index in [0.717, 1.165) is 18.6 Å². The summed E-state index contributed by atoms with van der Waals surface area (Å²) in [4.78, 5) is 22.2. The summed E-state index contributed by atoms with van der Waals surface area (Å²) in [6, 6.07) is 7.15. The number of amides is 1. The molecule has 1 atom stereocenters. The minimum absolute atomic E-state index is 0.00416. The van der Waals surface area contributed by atoms with Crippen molar-refractivity contribution in [2.75, 3.05) is 26.8 Å². The van der Waals surface area contributed by atoms with Gasteiger partial charge in [0.05, 0.1) is 19.9 Å². The minimum Gasteiger partial charge on any atom is -0.497 e. The van der Waals surface area contributed by atoms with Gasteiger partial charge in [-0.15, -0.1) is 0 Å². The van der Waals surface area contributed by atoms with Crippen LogP contribution in [0.3, 0.4) is 0 Å². The van der Waals surface area contributed by atoms with E-state index in [4.69, 9.17) is 14.2 Å². The van der Waals surface area contributed by atoms with Crippen molar-refractivity contribution in [1.82, 2.24) is 14.9 Å². The quantitative estimate of drug-likeness (QED) is 0.798. The monoisotopic (exact) mass is 343 g/mol. The lowest BCUT2D eigenvalue weighted by Crippen LogP contribution is -2.46. The molecule has 2 aromatic rings. The van der Waals surface area contributed by atoms with Gasteiger partial charge < -0.3 is 19.1 Å². The van der Waals surface area contributed by atoms with Gasteiger partial charge in [-0.1, -0.05) is 0 Å². The number of rotatable bonds is 6. The van der Waals surface area contributed by atoms with Gasteiger partial charge in [-0.2, -0.15) is 0 Å². The van der Waals surface area contributed by atoms with E-state index in [-0.39, 0.29) is 18.6 Å². The van der Waals surface area contributed by atoms with Gasteiger partial charge >= 0.3 is 0 Å². The Morgan fingerprint density at radius 2 is 2.04 bits per heavy atom. The minimum atomic E-state index is -0.0737. The van der Waals surface area contributed by atoms with Crippen LogP contribution in [0.4, 0.5) is 0 Å². The maximum absolute atomic E-state index is 12.4. The number of ether oxygens (including phenoxy) is 3. The number of piperidine rings is 1. The molecule has 1 saturated heterocycles. The van der Waals surface area contributed by atoms with Crippen LogP contribution in [-0.4, -0.2) is 53.7 Å². The normalized spacial score (nSPS) is 17.0. The number of hydrogen-bond acceptors (Lipinski definition) is 6. The summed E-state index contributed by atoms with van der Waals surface area (Å²) in [5.74, 6) is 1.82. The molecule has 1 aliphatic rings. The third-order valence-corrected chi connectivity index (χ3v) is 3.98. The molecule has 1 fully saturated rings. The SMILES string of the molecule is COc1ccc(OCC(=O)N2CCCC(Oc3cnccn3)C2)cc1. The molecule has 1 amide bonds. The summed E-state index contributed by atoms with van der Waals surface area (Å²) in [5, 5.41) is 0. The fourth-order valence-corrected chi connectivity index (χ4v) is 2.69. The highest BCUT2D eigenvalue weighted by Gasteiger charge is 2.25. The Hall–Kier alpha value is -2.83. The molecule has 0 spiro atoms.